The third-order valence-electron chi connectivity index (χ3n) is 5.22. The Bertz CT molecular complexity index is 1350. The highest BCUT2D eigenvalue weighted by atomic mass is 35.5. The summed E-state index contributed by atoms with van der Waals surface area (Å²) < 4.78 is 72.6. The molecule has 0 unspecified atom stereocenters. The molecule has 0 aliphatic carbocycles. The van der Waals surface area contributed by atoms with Crippen LogP contribution in [0.1, 0.15) is 18.6 Å². The number of hydrogen-bond acceptors (Lipinski definition) is 3. The van der Waals surface area contributed by atoms with Crippen LogP contribution in [0.3, 0.4) is 0 Å². The second-order valence-electron chi connectivity index (χ2n) is 7.72. The minimum Gasteiger partial charge on any atom is -0.482 e. The zero-order chi connectivity index (χ0) is 25.3. The number of halogens is 6. The summed E-state index contributed by atoms with van der Waals surface area (Å²) in [6.45, 7) is 1.33. The Labute approximate surface area is 201 Å². The number of ether oxygens (including phenoxy) is 1. The van der Waals surface area contributed by atoms with Gasteiger partial charge in [-0.25, -0.2) is 13.5 Å². The number of hydrogen-bond donors (Lipinski definition) is 1. The first kappa shape index (κ1) is 24.5. The van der Waals surface area contributed by atoms with Crippen LogP contribution in [0, 0.1) is 11.6 Å². The first-order chi connectivity index (χ1) is 16.5. The van der Waals surface area contributed by atoms with Gasteiger partial charge in [-0.2, -0.15) is 18.3 Å². The van der Waals surface area contributed by atoms with Gasteiger partial charge in [0.1, 0.15) is 23.5 Å². The molecule has 3 aromatic carbocycles. The maximum absolute atomic E-state index is 13.4. The average molecular weight is 510 g/mol. The number of amides is 1. The normalized spacial score (nSPS) is 13.5. The van der Waals surface area contributed by atoms with Crippen LogP contribution in [0.15, 0.2) is 66.9 Å². The molecule has 0 saturated carbocycles. The molecule has 1 N–H and O–H groups in total. The maximum Gasteiger partial charge on any atom is 0.471 e. The summed E-state index contributed by atoms with van der Waals surface area (Å²) in [6.07, 6.45) is -4.71. The van der Waals surface area contributed by atoms with Crippen LogP contribution in [-0.4, -0.2) is 27.9 Å². The quantitative estimate of drug-likeness (QED) is 0.317. The molecule has 35 heavy (non-hydrogen) atoms. The van der Waals surface area contributed by atoms with Crippen molar-refractivity contribution in [2.24, 2.45) is 0 Å². The Kier molecular flexibility index (Phi) is 6.66. The number of fused-ring (bicyclic) bond motifs is 1. The molecule has 2 atom stereocenters. The second kappa shape index (κ2) is 9.53. The van der Waals surface area contributed by atoms with Gasteiger partial charge >= 0.3 is 12.1 Å². The highest BCUT2D eigenvalue weighted by Gasteiger charge is 2.40. The standard InChI is InChI=1S/C24H17ClF5N3O2/c1-13(32-23(34)24(28,29)30)22(14-2-4-16(26)5-3-14)35-21-10-15-12-31-33(20(15)11-19(21)25)18-8-6-17(27)7-9-18/h2-13,22H,1H3,(H,32,34)/t13-,22+/m0/s1. The number of alkyl halides is 3. The van der Waals surface area contributed by atoms with E-state index in [2.05, 4.69) is 5.10 Å². The van der Waals surface area contributed by atoms with Gasteiger partial charge in [-0.15, -0.1) is 0 Å². The number of rotatable bonds is 6. The van der Waals surface area contributed by atoms with Gasteiger partial charge in [-0.1, -0.05) is 23.7 Å². The largest absolute Gasteiger partial charge is 0.482 e. The first-order valence-electron chi connectivity index (χ1n) is 10.3. The Morgan fingerprint density at radius 2 is 1.63 bits per heavy atom. The monoisotopic (exact) mass is 509 g/mol. The van der Waals surface area contributed by atoms with Crippen molar-refractivity contribution in [2.75, 3.05) is 0 Å². The molecule has 1 heterocycles. The molecule has 1 aromatic heterocycles. The van der Waals surface area contributed by atoms with Gasteiger partial charge in [0.2, 0.25) is 0 Å². The predicted molar refractivity (Wildman–Crippen MR) is 119 cm³/mol. The number of benzene rings is 3. The van der Waals surface area contributed by atoms with Crippen LogP contribution < -0.4 is 10.1 Å². The van der Waals surface area contributed by atoms with Crippen molar-refractivity contribution in [3.63, 3.8) is 0 Å². The molecule has 182 valence electrons. The van der Waals surface area contributed by atoms with E-state index in [0.29, 0.717) is 22.2 Å². The van der Waals surface area contributed by atoms with Gasteiger partial charge in [0, 0.05) is 5.39 Å². The van der Waals surface area contributed by atoms with E-state index < -0.39 is 35.9 Å². The predicted octanol–water partition coefficient (Wildman–Crippen LogP) is 6.14. The van der Waals surface area contributed by atoms with Crippen LogP contribution in [0.4, 0.5) is 22.0 Å². The van der Waals surface area contributed by atoms with Crippen molar-refractivity contribution in [3.8, 4) is 11.4 Å². The van der Waals surface area contributed by atoms with E-state index in [1.807, 2.05) is 5.32 Å². The lowest BCUT2D eigenvalue weighted by molar-refractivity contribution is -0.174. The number of carbonyl (C=O) groups is 1. The van der Waals surface area contributed by atoms with Crippen molar-refractivity contribution in [2.45, 2.75) is 25.2 Å². The van der Waals surface area contributed by atoms with Crippen LogP contribution in [0.5, 0.6) is 5.75 Å². The molecule has 0 saturated heterocycles. The molecular weight excluding hydrogens is 493 g/mol. The molecule has 0 radical (unpaired) electrons. The van der Waals surface area contributed by atoms with Crippen molar-refractivity contribution in [1.82, 2.24) is 15.1 Å². The minimum absolute atomic E-state index is 0.111. The fourth-order valence-corrected chi connectivity index (χ4v) is 3.72. The van der Waals surface area contributed by atoms with Gasteiger partial charge in [-0.3, -0.25) is 4.79 Å². The average Bonchev–Trinajstić information content (AvgIpc) is 3.20. The summed E-state index contributed by atoms with van der Waals surface area (Å²) in [6, 6.07) is 12.5. The lowest BCUT2D eigenvalue weighted by Crippen LogP contribution is -2.45. The van der Waals surface area contributed by atoms with Gasteiger partial charge in [-0.05, 0) is 61.0 Å². The van der Waals surface area contributed by atoms with Gasteiger partial charge in [0.15, 0.2) is 0 Å². The molecular formula is C24H17ClF5N3O2. The lowest BCUT2D eigenvalue weighted by Gasteiger charge is -2.27. The molecule has 1 amide bonds. The molecule has 5 nitrogen and oxygen atoms in total. The summed E-state index contributed by atoms with van der Waals surface area (Å²) in [5.74, 6) is -2.98. The Balaban J connectivity index is 1.69. The summed E-state index contributed by atoms with van der Waals surface area (Å²) in [5, 5.41) is 6.85. The molecule has 0 fully saturated rings. The highest BCUT2D eigenvalue weighted by molar-refractivity contribution is 6.32. The van der Waals surface area contributed by atoms with E-state index in [9.17, 15) is 26.7 Å². The number of nitrogens with zero attached hydrogens (tertiary/aromatic N) is 2. The summed E-state index contributed by atoms with van der Waals surface area (Å²) in [5.41, 5.74) is 1.48. The molecule has 11 heteroatoms. The Morgan fingerprint density at radius 3 is 2.23 bits per heavy atom. The lowest BCUT2D eigenvalue weighted by atomic mass is 10.0. The van der Waals surface area contributed by atoms with E-state index in [1.165, 1.54) is 54.2 Å². The SMILES string of the molecule is C[C@H](NC(=O)C(F)(F)F)[C@@H](Oc1cc2cnn(-c3ccc(F)cc3)c2cc1Cl)c1ccc(F)cc1. The van der Waals surface area contributed by atoms with Crippen molar-refractivity contribution in [3.05, 3.63) is 89.1 Å². The molecule has 0 spiro atoms. The molecule has 4 rings (SSSR count). The fourth-order valence-electron chi connectivity index (χ4n) is 3.52. The van der Waals surface area contributed by atoms with E-state index in [0.717, 1.165) is 12.1 Å². The fraction of sp³-hybridized carbons (Fsp3) is 0.167. The Morgan fingerprint density at radius 1 is 1.03 bits per heavy atom. The van der Waals surface area contributed by atoms with Crippen LogP contribution in [0.2, 0.25) is 5.02 Å². The van der Waals surface area contributed by atoms with Gasteiger partial charge in [0.25, 0.3) is 0 Å². The second-order valence-corrected chi connectivity index (χ2v) is 8.13. The van der Waals surface area contributed by atoms with Crippen LogP contribution in [0.25, 0.3) is 16.6 Å². The molecule has 0 aliphatic rings. The van der Waals surface area contributed by atoms with E-state index >= 15 is 0 Å². The summed E-state index contributed by atoms with van der Waals surface area (Å²) >= 11 is 6.43. The topological polar surface area (TPSA) is 56.1 Å². The molecule has 0 bridgehead atoms. The number of carbonyl (C=O) groups excluding carboxylic acids is 1. The summed E-state index contributed by atoms with van der Waals surface area (Å²) in [7, 11) is 0. The van der Waals surface area contributed by atoms with Crippen LogP contribution >= 0.6 is 11.6 Å². The van der Waals surface area contributed by atoms with Crippen molar-refractivity contribution >= 4 is 28.4 Å². The maximum atomic E-state index is 13.4. The molecule has 0 aliphatic heterocycles. The zero-order valence-corrected chi connectivity index (χ0v) is 18.7. The zero-order valence-electron chi connectivity index (χ0n) is 18.0. The van der Waals surface area contributed by atoms with Gasteiger partial charge in [0.05, 0.1) is 28.5 Å². The van der Waals surface area contributed by atoms with Crippen molar-refractivity contribution < 1.29 is 31.5 Å². The molecule has 4 aromatic rings. The highest BCUT2D eigenvalue weighted by Crippen LogP contribution is 2.35. The summed E-state index contributed by atoms with van der Waals surface area (Å²) in [4.78, 5) is 11.5. The van der Waals surface area contributed by atoms with E-state index in [4.69, 9.17) is 16.3 Å². The van der Waals surface area contributed by atoms with E-state index in [1.54, 1.807) is 12.1 Å². The minimum atomic E-state index is -5.09. The third kappa shape index (κ3) is 5.37. The van der Waals surface area contributed by atoms with Crippen LogP contribution in [-0.2, 0) is 4.79 Å². The first-order valence-corrected chi connectivity index (χ1v) is 10.6. The van der Waals surface area contributed by atoms with E-state index in [-0.39, 0.29) is 10.8 Å². The van der Waals surface area contributed by atoms with Crippen molar-refractivity contribution in [1.29, 1.82) is 0 Å². The number of nitrogens with one attached hydrogen (secondary N) is 1. The third-order valence-corrected chi connectivity index (χ3v) is 5.51. The Hall–Kier alpha value is -3.66. The van der Waals surface area contributed by atoms with Gasteiger partial charge < -0.3 is 10.1 Å². The smallest absolute Gasteiger partial charge is 0.471 e. The number of aromatic nitrogens is 2.